The van der Waals surface area contributed by atoms with Crippen LogP contribution in [0.2, 0.25) is 25.7 Å². The number of nitrogens with one attached hydrogen (secondary N) is 1. The zero-order chi connectivity index (χ0) is 50.6. The molecule has 0 spiro atoms. The highest BCUT2D eigenvalue weighted by Crippen LogP contribution is 2.43. The summed E-state index contributed by atoms with van der Waals surface area (Å²) >= 11 is 0. The number of carboxylic acid groups (broad SMARTS) is 2. The second-order valence-electron chi connectivity index (χ2n) is 18.9. The SMILES string of the molecule is Cc1cc(OCC2(C(=O)O)CCC2)ncc1-c1ccc(-c2nc(C(F)(F)F)cn2COCC[Si](C)(C)C)nc1.Cc1cc(OCC2(C(=O)O)CCC2)ncc1-c1ccc(-c2ncc(C(F)(F)F)[nH]2)nc1. The van der Waals surface area contributed by atoms with Crippen molar-refractivity contribution >= 4 is 20.0 Å². The number of aromatic nitrogens is 8. The normalized spacial score (nSPS) is 15.2. The van der Waals surface area contributed by atoms with Crippen molar-refractivity contribution in [1.82, 2.24) is 39.5 Å². The Bertz CT molecular complexity index is 2800. The first kappa shape index (κ1) is 51.2. The number of aliphatic carboxylic acids is 2. The smallest absolute Gasteiger partial charge is 0.434 e. The van der Waals surface area contributed by atoms with E-state index in [1.54, 1.807) is 55.0 Å². The Kier molecular flexibility index (Phi) is 14.9. The van der Waals surface area contributed by atoms with Crippen LogP contribution in [0, 0.1) is 24.7 Å². The number of alkyl halides is 6. The summed E-state index contributed by atoms with van der Waals surface area (Å²) in [5.74, 6) is -0.922. The fourth-order valence-electron chi connectivity index (χ4n) is 7.66. The minimum Gasteiger partial charge on any atom is -0.481 e. The number of hydrogen-bond donors (Lipinski definition) is 3. The third-order valence-electron chi connectivity index (χ3n) is 12.5. The zero-order valence-corrected chi connectivity index (χ0v) is 40.0. The van der Waals surface area contributed by atoms with E-state index in [-0.39, 0.29) is 43.0 Å². The number of nitrogens with zero attached hydrogens (tertiary/aromatic N) is 7. The fourth-order valence-corrected chi connectivity index (χ4v) is 8.42. The molecule has 15 nitrogen and oxygen atoms in total. The Hall–Kier alpha value is -6.68. The Balaban J connectivity index is 0.000000212. The molecule has 70 heavy (non-hydrogen) atoms. The largest absolute Gasteiger partial charge is 0.481 e. The van der Waals surface area contributed by atoms with Crippen molar-refractivity contribution in [1.29, 1.82) is 0 Å². The number of hydrogen-bond acceptors (Lipinski definition) is 11. The minimum absolute atomic E-state index is 0.0285. The van der Waals surface area contributed by atoms with Crippen LogP contribution in [-0.2, 0) is 33.4 Å². The summed E-state index contributed by atoms with van der Waals surface area (Å²) in [5.41, 5.74) is 1.63. The van der Waals surface area contributed by atoms with E-state index in [1.807, 2.05) is 13.8 Å². The number of imidazole rings is 2. The second-order valence-corrected chi connectivity index (χ2v) is 24.5. The zero-order valence-electron chi connectivity index (χ0n) is 39.0. The Morgan fingerprint density at radius 2 is 1.23 bits per heavy atom. The van der Waals surface area contributed by atoms with Crippen LogP contribution < -0.4 is 9.47 Å². The van der Waals surface area contributed by atoms with Gasteiger partial charge in [0.2, 0.25) is 11.8 Å². The van der Waals surface area contributed by atoms with E-state index < -0.39 is 54.6 Å². The maximum absolute atomic E-state index is 13.4. The number of carbonyl (C=O) groups is 2. The van der Waals surface area contributed by atoms with Gasteiger partial charge >= 0.3 is 24.3 Å². The van der Waals surface area contributed by atoms with Crippen LogP contribution in [0.1, 0.15) is 61.0 Å². The first-order valence-electron chi connectivity index (χ1n) is 22.4. The van der Waals surface area contributed by atoms with Gasteiger partial charge in [0.05, 0.1) is 6.20 Å². The minimum atomic E-state index is -4.59. The molecular weight excluding hydrogens is 943 g/mol. The Labute approximate surface area is 399 Å². The van der Waals surface area contributed by atoms with Crippen molar-refractivity contribution in [3.8, 4) is 57.1 Å². The maximum atomic E-state index is 13.4. The van der Waals surface area contributed by atoms with E-state index in [9.17, 15) is 46.1 Å². The molecule has 0 aliphatic heterocycles. The van der Waals surface area contributed by atoms with Gasteiger partial charge in [-0.15, -0.1) is 0 Å². The molecule has 0 saturated heterocycles. The number of H-pyrrole nitrogens is 1. The lowest BCUT2D eigenvalue weighted by molar-refractivity contribution is -0.158. The standard InChI is InChI=1S/C27H33F3N4O4Si.C21H19F3N4O3/c1-18-12-23(38-16-26(25(35)36)8-5-9-26)32-14-20(18)19-6-7-21(31-13-19)24-33-22(27(28,29)30)15-34(24)17-37-10-11-39(2,3)4;1-12-7-17(31-11-20(19(29)30)5-2-6-20)26-9-14(12)13-3-4-15(25-8-13)18-27-10-16(28-18)21(22,23)24/h6-7,12-15H,5,8-11,16-17H2,1-4H3,(H,35,36);3-4,7-10H,2,5-6,11H2,1H3,(H,27,28)(H,29,30). The number of carboxylic acids is 2. The topological polar surface area (TPSA) is 200 Å². The summed E-state index contributed by atoms with van der Waals surface area (Å²) in [6.07, 6.45) is 3.01. The first-order chi connectivity index (χ1) is 32.9. The van der Waals surface area contributed by atoms with Crippen LogP contribution in [0.3, 0.4) is 0 Å². The van der Waals surface area contributed by atoms with E-state index in [1.165, 1.54) is 10.8 Å². The fraction of sp³-hybridized carbons (Fsp3) is 0.417. The summed E-state index contributed by atoms with van der Waals surface area (Å²) in [6, 6.07) is 11.0. The van der Waals surface area contributed by atoms with E-state index >= 15 is 0 Å². The van der Waals surface area contributed by atoms with Gasteiger partial charge in [-0.1, -0.05) is 44.6 Å². The maximum Gasteiger partial charge on any atom is 0.434 e. The molecule has 2 fully saturated rings. The molecule has 0 atom stereocenters. The monoisotopic (exact) mass is 994 g/mol. The first-order valence-corrected chi connectivity index (χ1v) is 26.1. The molecule has 3 N–H and O–H groups in total. The van der Waals surface area contributed by atoms with Gasteiger partial charge in [0.25, 0.3) is 0 Å². The van der Waals surface area contributed by atoms with Crippen LogP contribution in [0.4, 0.5) is 26.3 Å². The molecule has 0 radical (unpaired) electrons. The number of rotatable bonds is 17. The highest BCUT2D eigenvalue weighted by Gasteiger charge is 2.46. The van der Waals surface area contributed by atoms with Gasteiger partial charge in [0.1, 0.15) is 47.9 Å². The average molecular weight is 995 g/mol. The van der Waals surface area contributed by atoms with Crippen molar-refractivity contribution in [2.45, 2.75) is 97.1 Å². The van der Waals surface area contributed by atoms with Crippen molar-refractivity contribution in [3.63, 3.8) is 0 Å². The van der Waals surface area contributed by atoms with E-state index in [0.29, 0.717) is 44.1 Å². The van der Waals surface area contributed by atoms with Gasteiger partial charge < -0.3 is 34.0 Å². The molecule has 2 saturated carbocycles. The summed E-state index contributed by atoms with van der Waals surface area (Å²) < 4.78 is 96.8. The highest BCUT2D eigenvalue weighted by molar-refractivity contribution is 6.76. The molecule has 0 unspecified atom stereocenters. The summed E-state index contributed by atoms with van der Waals surface area (Å²) in [5, 5.41) is 18.9. The molecule has 0 amide bonds. The van der Waals surface area contributed by atoms with Gasteiger partial charge in [-0.3, -0.25) is 19.6 Å². The summed E-state index contributed by atoms with van der Waals surface area (Å²) in [4.78, 5) is 50.0. The quantitative estimate of drug-likeness (QED) is 0.0443. The molecule has 372 valence electrons. The summed E-state index contributed by atoms with van der Waals surface area (Å²) in [7, 11) is -1.34. The van der Waals surface area contributed by atoms with Crippen LogP contribution in [0.5, 0.6) is 11.8 Å². The molecule has 0 bridgehead atoms. The predicted octanol–water partition coefficient (Wildman–Crippen LogP) is 10.8. The number of aryl methyl sites for hydroxylation is 2. The lowest BCUT2D eigenvalue weighted by Gasteiger charge is -2.36. The number of halogens is 6. The van der Waals surface area contributed by atoms with Crippen molar-refractivity contribution in [2.24, 2.45) is 10.8 Å². The molecule has 6 heterocycles. The Morgan fingerprint density at radius 1 is 0.714 bits per heavy atom. The van der Waals surface area contributed by atoms with E-state index in [4.69, 9.17) is 14.2 Å². The molecular formula is C48H52F6N8O7Si. The molecule has 8 rings (SSSR count). The number of ether oxygens (including phenoxy) is 3. The number of aromatic amines is 1. The lowest BCUT2D eigenvalue weighted by Crippen LogP contribution is -2.43. The van der Waals surface area contributed by atoms with Crippen molar-refractivity contribution in [3.05, 3.63) is 96.1 Å². The second kappa shape index (κ2) is 20.3. The van der Waals surface area contributed by atoms with Gasteiger partial charge in [0, 0.05) is 80.1 Å². The highest BCUT2D eigenvalue weighted by atomic mass is 28.3. The van der Waals surface area contributed by atoms with Gasteiger partial charge in [-0.25, -0.2) is 19.9 Å². The lowest BCUT2D eigenvalue weighted by atomic mass is 9.69. The molecule has 6 aromatic rings. The summed E-state index contributed by atoms with van der Waals surface area (Å²) in [6.45, 7) is 10.9. The van der Waals surface area contributed by atoms with Gasteiger partial charge in [0.15, 0.2) is 17.3 Å². The molecule has 22 heteroatoms. The Morgan fingerprint density at radius 3 is 1.61 bits per heavy atom. The van der Waals surface area contributed by atoms with Crippen molar-refractivity contribution < 1.29 is 60.4 Å². The van der Waals surface area contributed by atoms with E-state index in [2.05, 4.69) is 54.5 Å². The molecule has 2 aliphatic rings. The average Bonchev–Trinajstić information content (AvgIpc) is 3.94. The van der Waals surface area contributed by atoms with Crippen molar-refractivity contribution in [2.75, 3.05) is 19.8 Å². The van der Waals surface area contributed by atoms with Crippen LogP contribution in [0.25, 0.3) is 45.3 Å². The van der Waals surface area contributed by atoms with Crippen LogP contribution >= 0.6 is 0 Å². The molecule has 2 aliphatic carbocycles. The van der Waals surface area contributed by atoms with E-state index in [0.717, 1.165) is 64.7 Å². The van der Waals surface area contributed by atoms with Gasteiger partial charge in [-0.05, 0) is 68.8 Å². The van der Waals surface area contributed by atoms with Crippen LogP contribution in [0.15, 0.2) is 73.6 Å². The van der Waals surface area contributed by atoms with Crippen LogP contribution in [-0.4, -0.2) is 89.5 Å². The third kappa shape index (κ3) is 12.0. The number of pyridine rings is 4. The molecule has 6 aromatic heterocycles. The molecule has 0 aromatic carbocycles. The predicted molar refractivity (Wildman–Crippen MR) is 246 cm³/mol. The van der Waals surface area contributed by atoms with Gasteiger partial charge in [-0.2, -0.15) is 26.3 Å². The third-order valence-corrected chi connectivity index (χ3v) is 14.2.